The lowest BCUT2D eigenvalue weighted by molar-refractivity contribution is -0.121. The molecular formula is C22H16ClF2N5O2S. The molecule has 0 fully saturated rings. The summed E-state index contributed by atoms with van der Waals surface area (Å²) in [7, 11) is 0. The van der Waals surface area contributed by atoms with E-state index in [9.17, 15) is 18.4 Å². The maximum Gasteiger partial charge on any atom is 0.265 e. The minimum absolute atomic E-state index is 0.0194. The van der Waals surface area contributed by atoms with Gasteiger partial charge in [0.2, 0.25) is 5.91 Å². The second kappa shape index (κ2) is 8.60. The molecule has 1 aliphatic heterocycles. The van der Waals surface area contributed by atoms with Gasteiger partial charge < -0.3 is 5.32 Å². The van der Waals surface area contributed by atoms with Crippen molar-refractivity contribution in [3.8, 4) is 5.69 Å². The number of hydrogen-bond acceptors (Lipinski definition) is 5. The highest BCUT2D eigenvalue weighted by atomic mass is 35.5. The van der Waals surface area contributed by atoms with Crippen LogP contribution in [0.3, 0.4) is 0 Å². The predicted octanol–water partition coefficient (Wildman–Crippen LogP) is 3.87. The first-order valence-corrected chi connectivity index (χ1v) is 11.4. The van der Waals surface area contributed by atoms with Gasteiger partial charge in [-0.2, -0.15) is 5.10 Å². The Morgan fingerprint density at radius 2 is 1.91 bits per heavy atom. The average molecular weight is 488 g/mol. The molecular weight excluding hydrogens is 472 g/mol. The van der Waals surface area contributed by atoms with E-state index in [-0.39, 0.29) is 24.1 Å². The fourth-order valence-electron chi connectivity index (χ4n) is 3.73. The van der Waals surface area contributed by atoms with Gasteiger partial charge in [-0.05, 0) is 36.4 Å². The summed E-state index contributed by atoms with van der Waals surface area (Å²) in [6.07, 6.45) is 1.43. The highest BCUT2D eigenvalue weighted by Gasteiger charge is 2.29. The maximum absolute atomic E-state index is 13.8. The molecule has 1 amide bonds. The lowest BCUT2D eigenvalue weighted by atomic mass is 10.1. The van der Waals surface area contributed by atoms with Crippen LogP contribution in [0.2, 0.25) is 5.02 Å². The third-order valence-electron chi connectivity index (χ3n) is 5.39. The van der Waals surface area contributed by atoms with Gasteiger partial charge in [-0.1, -0.05) is 29.4 Å². The topological polar surface area (TPSA) is 81.8 Å². The van der Waals surface area contributed by atoms with E-state index in [1.54, 1.807) is 28.9 Å². The molecule has 0 saturated heterocycles. The SMILES string of the molecule is O=C(CC1CSc2nc3c(cnn3-c3ccc(Cl)cc3)c(=O)n21)NCc1c(F)cccc1F. The monoisotopic (exact) mass is 487 g/mol. The molecule has 1 atom stereocenters. The highest BCUT2D eigenvalue weighted by molar-refractivity contribution is 7.99. The summed E-state index contributed by atoms with van der Waals surface area (Å²) in [5.41, 5.74) is 0.632. The number of amides is 1. The zero-order valence-electron chi connectivity index (χ0n) is 17.0. The number of thioether (sulfide) groups is 1. The summed E-state index contributed by atoms with van der Waals surface area (Å²) < 4.78 is 30.6. The normalized spacial score (nSPS) is 15.1. The molecule has 0 bridgehead atoms. The van der Waals surface area contributed by atoms with Crippen LogP contribution in [0.1, 0.15) is 18.0 Å². The van der Waals surface area contributed by atoms with Gasteiger partial charge in [0, 0.05) is 29.3 Å². The Morgan fingerprint density at radius 1 is 1.18 bits per heavy atom. The van der Waals surface area contributed by atoms with Gasteiger partial charge in [-0.15, -0.1) is 0 Å². The number of nitrogens with one attached hydrogen (secondary N) is 1. The van der Waals surface area contributed by atoms with Gasteiger partial charge in [0.25, 0.3) is 5.56 Å². The molecule has 0 spiro atoms. The minimum Gasteiger partial charge on any atom is -0.352 e. The molecule has 3 heterocycles. The molecule has 33 heavy (non-hydrogen) atoms. The fraction of sp³-hybridized carbons (Fsp3) is 0.182. The zero-order valence-corrected chi connectivity index (χ0v) is 18.5. The Kier molecular flexibility index (Phi) is 5.63. The van der Waals surface area contributed by atoms with Gasteiger partial charge >= 0.3 is 0 Å². The second-order valence-corrected chi connectivity index (χ2v) is 8.91. The lowest BCUT2D eigenvalue weighted by Gasteiger charge is -2.14. The standard InChI is InChI=1S/C22H16ClF2N5O2S/c23-12-4-6-13(7-5-12)30-20-16(10-27-30)21(32)29-14(11-33-22(29)28-20)8-19(31)26-9-15-17(24)2-1-3-18(15)25/h1-7,10,14H,8-9,11H2,(H,26,31). The molecule has 4 aromatic rings. The van der Waals surface area contributed by atoms with Crippen LogP contribution in [0.15, 0.2) is 58.6 Å². The van der Waals surface area contributed by atoms with Crippen molar-refractivity contribution in [2.24, 2.45) is 0 Å². The molecule has 11 heteroatoms. The summed E-state index contributed by atoms with van der Waals surface area (Å²) in [6, 6.07) is 10.1. The number of hydrogen-bond donors (Lipinski definition) is 1. The third kappa shape index (κ3) is 4.00. The van der Waals surface area contributed by atoms with Gasteiger partial charge in [0.05, 0.1) is 17.9 Å². The van der Waals surface area contributed by atoms with E-state index in [2.05, 4.69) is 15.4 Å². The largest absolute Gasteiger partial charge is 0.352 e. The predicted molar refractivity (Wildman–Crippen MR) is 121 cm³/mol. The minimum atomic E-state index is -0.724. The number of halogens is 3. The molecule has 0 aliphatic carbocycles. The van der Waals surface area contributed by atoms with E-state index >= 15 is 0 Å². The number of aromatic nitrogens is 4. The van der Waals surface area contributed by atoms with Crippen molar-refractivity contribution in [3.63, 3.8) is 0 Å². The van der Waals surface area contributed by atoms with Gasteiger partial charge in [-0.3, -0.25) is 14.2 Å². The molecule has 0 radical (unpaired) electrons. The molecule has 7 nitrogen and oxygen atoms in total. The van der Waals surface area contributed by atoms with Gasteiger partial charge in [0.1, 0.15) is 17.0 Å². The van der Waals surface area contributed by atoms with Crippen LogP contribution < -0.4 is 10.9 Å². The van der Waals surface area contributed by atoms with E-state index < -0.39 is 23.6 Å². The van der Waals surface area contributed by atoms with E-state index in [0.717, 1.165) is 12.1 Å². The molecule has 1 unspecified atom stereocenters. The van der Waals surface area contributed by atoms with E-state index in [1.807, 2.05) is 0 Å². The Bertz CT molecular complexity index is 1420. The Morgan fingerprint density at radius 3 is 2.64 bits per heavy atom. The summed E-state index contributed by atoms with van der Waals surface area (Å²) in [5, 5.41) is 8.23. The summed E-state index contributed by atoms with van der Waals surface area (Å²) >= 11 is 7.32. The first-order chi connectivity index (χ1) is 15.9. The number of carbonyl (C=O) groups is 1. The van der Waals surface area contributed by atoms with Crippen LogP contribution in [-0.4, -0.2) is 31.0 Å². The zero-order chi connectivity index (χ0) is 23.1. The quantitative estimate of drug-likeness (QED) is 0.432. The molecule has 168 valence electrons. The van der Waals surface area contributed by atoms with Crippen LogP contribution in [0, 0.1) is 11.6 Å². The van der Waals surface area contributed by atoms with Crippen LogP contribution >= 0.6 is 23.4 Å². The fourth-order valence-corrected chi connectivity index (χ4v) is 4.98. The first kappa shape index (κ1) is 21.6. The molecule has 0 saturated carbocycles. The Balaban J connectivity index is 1.38. The van der Waals surface area contributed by atoms with E-state index in [0.29, 0.717) is 32.7 Å². The van der Waals surface area contributed by atoms with E-state index in [4.69, 9.17) is 11.6 Å². The molecule has 5 rings (SSSR count). The summed E-state index contributed by atoms with van der Waals surface area (Å²) in [4.78, 5) is 30.3. The van der Waals surface area contributed by atoms with Crippen molar-refractivity contribution in [3.05, 3.63) is 81.2 Å². The molecule has 1 aliphatic rings. The van der Waals surface area contributed by atoms with Gasteiger partial charge in [0.15, 0.2) is 10.8 Å². The van der Waals surface area contributed by atoms with Crippen molar-refractivity contribution in [2.45, 2.75) is 24.2 Å². The van der Waals surface area contributed by atoms with Crippen molar-refractivity contribution >= 4 is 40.3 Å². The third-order valence-corrected chi connectivity index (χ3v) is 6.74. The second-order valence-electron chi connectivity index (χ2n) is 7.49. The summed E-state index contributed by atoms with van der Waals surface area (Å²) in [5.74, 6) is -1.39. The molecule has 2 aromatic carbocycles. The number of carbonyl (C=O) groups excluding carboxylic acids is 1. The number of rotatable bonds is 5. The lowest BCUT2D eigenvalue weighted by Crippen LogP contribution is -2.31. The van der Waals surface area contributed by atoms with Crippen LogP contribution in [0.4, 0.5) is 8.78 Å². The van der Waals surface area contributed by atoms with Gasteiger partial charge in [-0.25, -0.2) is 18.4 Å². The van der Waals surface area contributed by atoms with Crippen LogP contribution in [-0.2, 0) is 11.3 Å². The summed E-state index contributed by atoms with van der Waals surface area (Å²) in [6.45, 7) is -0.274. The molecule has 2 aromatic heterocycles. The Labute approximate surface area is 195 Å². The molecule has 1 N–H and O–H groups in total. The highest BCUT2D eigenvalue weighted by Crippen LogP contribution is 2.33. The van der Waals surface area contributed by atoms with Crippen molar-refractivity contribution < 1.29 is 13.6 Å². The first-order valence-electron chi connectivity index (χ1n) is 10.0. The smallest absolute Gasteiger partial charge is 0.265 e. The van der Waals surface area contributed by atoms with Crippen LogP contribution in [0.25, 0.3) is 16.7 Å². The number of fused-ring (bicyclic) bond motifs is 2. The van der Waals surface area contributed by atoms with Crippen molar-refractivity contribution in [2.75, 3.05) is 5.75 Å². The van der Waals surface area contributed by atoms with E-state index in [1.165, 1.54) is 28.6 Å². The van der Waals surface area contributed by atoms with Crippen molar-refractivity contribution in [1.82, 2.24) is 24.6 Å². The Hall–Kier alpha value is -3.24. The number of nitrogens with zero attached hydrogens (tertiary/aromatic N) is 4. The maximum atomic E-state index is 13.8. The van der Waals surface area contributed by atoms with Crippen LogP contribution in [0.5, 0.6) is 0 Å². The average Bonchev–Trinajstić information content (AvgIpc) is 3.39. The van der Waals surface area contributed by atoms with Crippen molar-refractivity contribution in [1.29, 1.82) is 0 Å². The number of benzene rings is 2.